The third-order valence-corrected chi connectivity index (χ3v) is 6.49. The molecule has 0 atom stereocenters. The van der Waals surface area contributed by atoms with E-state index in [0.29, 0.717) is 11.6 Å². The molecule has 0 saturated heterocycles. The fraction of sp³-hybridized carbons (Fsp3) is 0.217. The predicted octanol–water partition coefficient (Wildman–Crippen LogP) is 5.73. The van der Waals surface area contributed by atoms with E-state index in [9.17, 15) is 9.59 Å². The largest absolute Gasteiger partial charge is 0.326 e. The smallest absolute Gasteiger partial charge is 0.226 e. The first-order chi connectivity index (χ1) is 15.1. The van der Waals surface area contributed by atoms with Crippen molar-refractivity contribution in [2.75, 3.05) is 10.6 Å². The molecule has 0 aliphatic heterocycles. The summed E-state index contributed by atoms with van der Waals surface area (Å²) < 4.78 is 1.21. The Kier molecular flexibility index (Phi) is 6.69. The second-order valence-corrected chi connectivity index (χ2v) is 9.10. The van der Waals surface area contributed by atoms with E-state index < -0.39 is 0 Å². The van der Waals surface area contributed by atoms with Gasteiger partial charge in [0, 0.05) is 30.0 Å². The summed E-state index contributed by atoms with van der Waals surface area (Å²) in [5.74, 6) is -0.127. The minimum atomic E-state index is -0.105. The van der Waals surface area contributed by atoms with Gasteiger partial charge in [0.2, 0.25) is 11.8 Å². The van der Waals surface area contributed by atoms with Crippen LogP contribution >= 0.6 is 22.7 Å². The molecule has 6 nitrogen and oxygen atoms in total. The highest BCUT2D eigenvalue weighted by Crippen LogP contribution is 2.26. The number of unbranched alkanes of at least 4 members (excludes halogenated alkanes) is 1. The van der Waals surface area contributed by atoms with Gasteiger partial charge in [-0.1, -0.05) is 24.3 Å². The number of benzene rings is 2. The highest BCUT2D eigenvalue weighted by atomic mass is 32.1. The zero-order chi connectivity index (χ0) is 21.6. The molecule has 0 aliphatic rings. The lowest BCUT2D eigenvalue weighted by Gasteiger charge is -2.03. The lowest BCUT2D eigenvalue weighted by atomic mass is 10.1. The van der Waals surface area contributed by atoms with Crippen LogP contribution in [0, 0.1) is 0 Å². The Bertz CT molecular complexity index is 1160. The zero-order valence-electron chi connectivity index (χ0n) is 17.1. The van der Waals surface area contributed by atoms with E-state index in [0.717, 1.165) is 46.7 Å². The summed E-state index contributed by atoms with van der Waals surface area (Å²) in [6.07, 6.45) is 3.09. The molecule has 0 fully saturated rings. The van der Waals surface area contributed by atoms with E-state index in [4.69, 9.17) is 0 Å². The Balaban J connectivity index is 1.23. The summed E-state index contributed by atoms with van der Waals surface area (Å²) in [4.78, 5) is 32.5. The summed E-state index contributed by atoms with van der Waals surface area (Å²) >= 11 is 3.13. The Labute approximate surface area is 188 Å². The summed E-state index contributed by atoms with van der Waals surface area (Å²) in [7, 11) is 0. The fourth-order valence-electron chi connectivity index (χ4n) is 3.16. The molecule has 4 aromatic rings. The van der Waals surface area contributed by atoms with Crippen molar-refractivity contribution in [3.8, 4) is 11.3 Å². The van der Waals surface area contributed by atoms with Gasteiger partial charge < -0.3 is 10.6 Å². The van der Waals surface area contributed by atoms with E-state index in [1.807, 2.05) is 47.8 Å². The van der Waals surface area contributed by atoms with Gasteiger partial charge in [0.1, 0.15) is 0 Å². The lowest BCUT2D eigenvalue weighted by molar-refractivity contribution is -0.116. The summed E-state index contributed by atoms with van der Waals surface area (Å²) in [6.45, 7) is 1.48. The van der Waals surface area contributed by atoms with Gasteiger partial charge in [-0.2, -0.15) is 0 Å². The van der Waals surface area contributed by atoms with E-state index >= 15 is 0 Å². The van der Waals surface area contributed by atoms with Crippen molar-refractivity contribution in [1.82, 2.24) is 9.97 Å². The first-order valence-electron chi connectivity index (χ1n) is 10.0. The molecule has 158 valence electrons. The minimum Gasteiger partial charge on any atom is -0.326 e. The molecule has 0 aliphatic carbocycles. The van der Waals surface area contributed by atoms with Gasteiger partial charge in [-0.05, 0) is 43.5 Å². The van der Waals surface area contributed by atoms with Gasteiger partial charge in [-0.25, -0.2) is 9.97 Å². The Morgan fingerprint density at radius 3 is 2.55 bits per heavy atom. The van der Waals surface area contributed by atoms with Crippen LogP contribution in [0.25, 0.3) is 21.5 Å². The average Bonchev–Trinajstić information content (AvgIpc) is 3.38. The maximum absolute atomic E-state index is 12.3. The number of carbonyl (C=O) groups excluding carboxylic acids is 2. The van der Waals surface area contributed by atoms with Gasteiger partial charge in [0.25, 0.3) is 0 Å². The van der Waals surface area contributed by atoms with E-state index in [-0.39, 0.29) is 11.8 Å². The van der Waals surface area contributed by atoms with Crippen LogP contribution in [0.1, 0.15) is 31.2 Å². The number of aromatic nitrogens is 2. The standard InChI is InChI=1S/C23H22N4O2S2/c1-15(28)24-17-12-10-16(11-13-17)19-14-30-23(26-19)27-21(29)8-4-5-9-22-25-18-6-2-3-7-20(18)31-22/h2-3,6-7,10-14H,4-5,8-9H2,1H3,(H,24,28)(H,26,27,29). The van der Waals surface area contributed by atoms with Crippen molar-refractivity contribution in [3.05, 3.63) is 58.9 Å². The Morgan fingerprint density at radius 1 is 0.968 bits per heavy atom. The van der Waals surface area contributed by atoms with E-state index in [1.54, 1.807) is 11.3 Å². The van der Waals surface area contributed by atoms with Crippen LogP contribution in [-0.4, -0.2) is 21.8 Å². The lowest BCUT2D eigenvalue weighted by Crippen LogP contribution is -2.10. The Morgan fingerprint density at radius 2 is 1.77 bits per heavy atom. The van der Waals surface area contributed by atoms with Crippen LogP contribution in [0.15, 0.2) is 53.9 Å². The number of nitrogens with zero attached hydrogens (tertiary/aromatic N) is 2. The van der Waals surface area contributed by atoms with Crippen LogP contribution in [0.5, 0.6) is 0 Å². The number of thiazole rings is 2. The molecular weight excluding hydrogens is 428 g/mol. The number of hydrogen-bond donors (Lipinski definition) is 2. The molecule has 0 bridgehead atoms. The number of rotatable bonds is 8. The van der Waals surface area contributed by atoms with Crippen LogP contribution in [0.3, 0.4) is 0 Å². The number of para-hydroxylation sites is 1. The molecular formula is C23H22N4O2S2. The van der Waals surface area contributed by atoms with Crippen LogP contribution in [-0.2, 0) is 16.0 Å². The third-order valence-electron chi connectivity index (χ3n) is 4.63. The molecule has 31 heavy (non-hydrogen) atoms. The average molecular weight is 451 g/mol. The monoisotopic (exact) mass is 450 g/mol. The zero-order valence-corrected chi connectivity index (χ0v) is 18.7. The van der Waals surface area contributed by atoms with E-state index in [1.165, 1.54) is 23.0 Å². The van der Waals surface area contributed by atoms with E-state index in [2.05, 4.69) is 26.7 Å². The highest BCUT2D eigenvalue weighted by molar-refractivity contribution is 7.18. The first-order valence-corrected chi connectivity index (χ1v) is 11.7. The summed E-state index contributed by atoms with van der Waals surface area (Å²) in [5, 5.41) is 9.26. The van der Waals surface area contributed by atoms with Crippen LogP contribution in [0.4, 0.5) is 10.8 Å². The third kappa shape index (κ3) is 5.74. The SMILES string of the molecule is CC(=O)Nc1ccc(-c2csc(NC(=O)CCCCc3nc4ccccc4s3)n2)cc1. The highest BCUT2D eigenvalue weighted by Gasteiger charge is 2.09. The van der Waals surface area contributed by atoms with Crippen LogP contribution < -0.4 is 10.6 Å². The van der Waals surface area contributed by atoms with Crippen molar-refractivity contribution in [2.45, 2.75) is 32.6 Å². The van der Waals surface area contributed by atoms with Gasteiger partial charge in [-0.3, -0.25) is 9.59 Å². The quantitative estimate of drug-likeness (QED) is 0.336. The maximum Gasteiger partial charge on any atom is 0.226 e. The number of anilines is 2. The molecule has 0 radical (unpaired) electrons. The van der Waals surface area contributed by atoms with Gasteiger partial charge in [0.15, 0.2) is 5.13 Å². The number of nitrogens with one attached hydrogen (secondary N) is 2. The number of aryl methyl sites for hydroxylation is 1. The van der Waals surface area contributed by atoms with Gasteiger partial charge in [-0.15, -0.1) is 22.7 Å². The minimum absolute atomic E-state index is 0.0220. The summed E-state index contributed by atoms with van der Waals surface area (Å²) in [6, 6.07) is 15.6. The molecule has 2 N–H and O–H groups in total. The topological polar surface area (TPSA) is 84.0 Å². The summed E-state index contributed by atoms with van der Waals surface area (Å²) in [5.41, 5.74) is 3.52. The molecule has 2 heterocycles. The van der Waals surface area contributed by atoms with Gasteiger partial charge >= 0.3 is 0 Å². The second kappa shape index (κ2) is 9.80. The fourth-order valence-corrected chi connectivity index (χ4v) is 4.91. The molecule has 0 saturated carbocycles. The van der Waals surface area contributed by atoms with Crippen molar-refractivity contribution >= 4 is 55.5 Å². The number of amides is 2. The normalized spacial score (nSPS) is 10.9. The second-order valence-electron chi connectivity index (χ2n) is 7.13. The van der Waals surface area contributed by atoms with Crippen LogP contribution in [0.2, 0.25) is 0 Å². The number of fused-ring (bicyclic) bond motifs is 1. The molecule has 0 spiro atoms. The molecule has 4 rings (SSSR count). The molecule has 2 amide bonds. The Hall–Kier alpha value is -3.10. The predicted molar refractivity (Wildman–Crippen MR) is 128 cm³/mol. The number of hydrogen-bond acceptors (Lipinski definition) is 6. The van der Waals surface area contributed by atoms with Crippen molar-refractivity contribution in [1.29, 1.82) is 0 Å². The van der Waals surface area contributed by atoms with Gasteiger partial charge in [0.05, 0.1) is 20.9 Å². The van der Waals surface area contributed by atoms with Crippen molar-refractivity contribution in [3.63, 3.8) is 0 Å². The maximum atomic E-state index is 12.3. The first kappa shape index (κ1) is 21.1. The van der Waals surface area contributed by atoms with Crippen molar-refractivity contribution in [2.24, 2.45) is 0 Å². The van der Waals surface area contributed by atoms with Crippen molar-refractivity contribution < 1.29 is 9.59 Å². The molecule has 8 heteroatoms. The molecule has 0 unspecified atom stereocenters. The molecule has 2 aromatic carbocycles. The molecule has 2 aromatic heterocycles. The number of carbonyl (C=O) groups is 2.